The lowest BCUT2D eigenvalue weighted by molar-refractivity contribution is 0.103. The first kappa shape index (κ1) is 19.7. The van der Waals surface area contributed by atoms with E-state index in [-0.39, 0.29) is 5.78 Å². The number of benzene rings is 3. The van der Waals surface area contributed by atoms with E-state index in [1.807, 2.05) is 61.5 Å². The zero-order valence-corrected chi connectivity index (χ0v) is 16.0. The van der Waals surface area contributed by atoms with Crippen LogP contribution in [0.3, 0.4) is 0 Å². The van der Waals surface area contributed by atoms with Gasteiger partial charge < -0.3 is 4.89 Å². The van der Waals surface area contributed by atoms with Crippen LogP contribution in [0.5, 0.6) is 0 Å². The summed E-state index contributed by atoms with van der Waals surface area (Å²) in [6.45, 7) is 6.17. The number of rotatable bonds is 3. The lowest BCUT2D eigenvalue weighted by Crippen LogP contribution is -2.05. The first-order valence-electron chi connectivity index (χ1n) is 8.23. The van der Waals surface area contributed by atoms with Gasteiger partial charge in [0.2, 0.25) is 0 Å². The molecule has 0 aliphatic heterocycles. The van der Waals surface area contributed by atoms with E-state index >= 15 is 0 Å². The van der Waals surface area contributed by atoms with Gasteiger partial charge in [-0.1, -0.05) is 60.7 Å². The summed E-state index contributed by atoms with van der Waals surface area (Å²) in [6, 6.07) is 22.0. The fraction of sp³-hybridized carbons (Fsp3) is 0.136. The van der Waals surface area contributed by atoms with Crippen LogP contribution in [0.15, 0.2) is 66.7 Å². The number of carbonyl (C=O) groups is 1. The van der Waals surface area contributed by atoms with E-state index in [2.05, 4.69) is 26.0 Å². The first-order chi connectivity index (χ1) is 12.5. The monoisotopic (exact) mass is 364 g/mol. The summed E-state index contributed by atoms with van der Waals surface area (Å²) in [4.78, 5) is 19.9. The Morgan fingerprint density at radius 3 is 2.08 bits per heavy atom. The van der Waals surface area contributed by atoms with Gasteiger partial charge in [0.1, 0.15) is 0 Å². The van der Waals surface area contributed by atoms with Gasteiger partial charge in [0, 0.05) is 11.1 Å². The molecule has 0 radical (unpaired) electrons. The van der Waals surface area contributed by atoms with E-state index in [1.165, 1.54) is 11.1 Å². The summed E-state index contributed by atoms with van der Waals surface area (Å²) in [5, 5.41) is 0. The molecule has 0 saturated carbocycles. The van der Waals surface area contributed by atoms with Crippen molar-refractivity contribution in [1.82, 2.24) is 0 Å². The average molecular weight is 364 g/mol. The van der Waals surface area contributed by atoms with Crippen LogP contribution < -0.4 is 0 Å². The second kappa shape index (κ2) is 9.19. The summed E-state index contributed by atoms with van der Waals surface area (Å²) in [5.74, 6) is 0.0865. The van der Waals surface area contributed by atoms with Crippen molar-refractivity contribution in [2.75, 3.05) is 0 Å². The van der Waals surface area contributed by atoms with Crippen LogP contribution in [0.2, 0.25) is 0 Å². The van der Waals surface area contributed by atoms with Gasteiger partial charge in [0.25, 0.3) is 0 Å². The standard InChI is InChI=1S/C22H20O.HO2P/c1-15-12-13-21(17(3)16(15)2)22(23)20-11-7-10-19(14-20)18-8-5-4-6-9-18;1-3-2/h4-14H,1-3H3;(H,1,2). The number of carbonyl (C=O) groups excluding carboxylic acids is 1. The molecule has 0 unspecified atom stereocenters. The van der Waals surface area contributed by atoms with Crippen LogP contribution >= 0.6 is 8.69 Å². The van der Waals surface area contributed by atoms with Gasteiger partial charge in [-0.05, 0) is 54.7 Å². The van der Waals surface area contributed by atoms with Crippen LogP contribution in [0, 0.1) is 20.8 Å². The highest BCUT2D eigenvalue weighted by Gasteiger charge is 2.14. The zero-order chi connectivity index (χ0) is 19.1. The van der Waals surface area contributed by atoms with Crippen LogP contribution in [0.25, 0.3) is 11.1 Å². The predicted octanol–water partition coefficient (Wildman–Crippen LogP) is 5.70. The maximum atomic E-state index is 12.9. The minimum atomic E-state index is -0.833. The maximum absolute atomic E-state index is 12.9. The lowest BCUT2D eigenvalue weighted by atomic mass is 9.92. The molecule has 3 rings (SSSR count). The average Bonchev–Trinajstić information content (AvgIpc) is 2.67. The molecule has 3 nitrogen and oxygen atoms in total. The molecule has 0 aliphatic rings. The van der Waals surface area contributed by atoms with Gasteiger partial charge in [-0.25, -0.2) is 4.57 Å². The molecule has 1 N–H and O–H groups in total. The molecule has 0 amide bonds. The van der Waals surface area contributed by atoms with E-state index in [0.29, 0.717) is 0 Å². The minimum Gasteiger partial charge on any atom is -0.310 e. The largest absolute Gasteiger partial charge is 0.324 e. The lowest BCUT2D eigenvalue weighted by Gasteiger charge is -2.11. The van der Waals surface area contributed by atoms with E-state index in [0.717, 1.165) is 27.8 Å². The Labute approximate surface area is 155 Å². The zero-order valence-electron chi connectivity index (χ0n) is 15.1. The molecule has 0 fully saturated rings. The van der Waals surface area contributed by atoms with Gasteiger partial charge in [0.05, 0.1) is 0 Å². The molecule has 0 atom stereocenters. The Kier molecular flexibility index (Phi) is 6.97. The van der Waals surface area contributed by atoms with Crippen LogP contribution in [-0.4, -0.2) is 10.7 Å². The van der Waals surface area contributed by atoms with Crippen LogP contribution in [0.1, 0.15) is 32.6 Å². The van der Waals surface area contributed by atoms with Crippen LogP contribution in [0.4, 0.5) is 0 Å². The summed E-state index contributed by atoms with van der Waals surface area (Å²) < 4.78 is 8.46. The van der Waals surface area contributed by atoms with Crippen molar-refractivity contribution in [2.24, 2.45) is 0 Å². The molecule has 26 heavy (non-hydrogen) atoms. The molecule has 0 heterocycles. The fourth-order valence-electron chi connectivity index (χ4n) is 2.83. The van der Waals surface area contributed by atoms with Crippen LogP contribution in [-0.2, 0) is 4.57 Å². The van der Waals surface area contributed by atoms with Crippen molar-refractivity contribution in [2.45, 2.75) is 20.8 Å². The number of ketones is 1. The van der Waals surface area contributed by atoms with Crippen molar-refractivity contribution in [3.63, 3.8) is 0 Å². The smallest absolute Gasteiger partial charge is 0.310 e. The van der Waals surface area contributed by atoms with E-state index < -0.39 is 8.69 Å². The summed E-state index contributed by atoms with van der Waals surface area (Å²) in [5.41, 5.74) is 7.19. The van der Waals surface area contributed by atoms with Crippen molar-refractivity contribution in [3.05, 3.63) is 94.5 Å². The second-order valence-corrected chi connectivity index (χ2v) is 6.20. The normalized spacial score (nSPS) is 10.2. The molecule has 0 aliphatic carbocycles. The Bertz CT molecular complexity index is 918. The number of hydrogen-bond acceptors (Lipinski definition) is 2. The summed E-state index contributed by atoms with van der Waals surface area (Å²) in [6.07, 6.45) is 0. The third-order valence-electron chi connectivity index (χ3n) is 4.53. The minimum absolute atomic E-state index is 0.0865. The predicted molar refractivity (Wildman–Crippen MR) is 106 cm³/mol. The van der Waals surface area contributed by atoms with E-state index in [4.69, 9.17) is 9.46 Å². The fourth-order valence-corrected chi connectivity index (χ4v) is 2.83. The van der Waals surface area contributed by atoms with Gasteiger partial charge >= 0.3 is 8.69 Å². The second-order valence-electron chi connectivity index (χ2n) is 6.04. The van der Waals surface area contributed by atoms with E-state index in [1.54, 1.807) is 0 Å². The topological polar surface area (TPSA) is 54.4 Å². The van der Waals surface area contributed by atoms with Gasteiger partial charge in [-0.15, -0.1) is 0 Å². The Morgan fingerprint density at radius 1 is 0.808 bits per heavy atom. The quantitative estimate of drug-likeness (QED) is 0.479. The van der Waals surface area contributed by atoms with Crippen molar-refractivity contribution in [1.29, 1.82) is 0 Å². The third-order valence-corrected chi connectivity index (χ3v) is 4.53. The number of aryl methyl sites for hydroxylation is 1. The first-order valence-corrected chi connectivity index (χ1v) is 8.99. The third kappa shape index (κ3) is 4.51. The van der Waals surface area contributed by atoms with Crippen molar-refractivity contribution < 1.29 is 14.3 Å². The maximum Gasteiger partial charge on any atom is 0.324 e. The molecule has 0 aromatic heterocycles. The van der Waals surface area contributed by atoms with Crippen molar-refractivity contribution in [3.8, 4) is 11.1 Å². The molecule has 132 valence electrons. The highest BCUT2D eigenvalue weighted by atomic mass is 31.1. The molecule has 4 heteroatoms. The Morgan fingerprint density at radius 2 is 1.42 bits per heavy atom. The highest BCUT2D eigenvalue weighted by Crippen LogP contribution is 2.24. The SMILES string of the molecule is Cc1ccc(C(=O)c2cccc(-c3ccccc3)c2)c(C)c1C.O=PO. The Balaban J connectivity index is 0.000000758. The molecule has 0 bridgehead atoms. The molecular formula is C22H21O3P. The molecule has 3 aromatic carbocycles. The highest BCUT2D eigenvalue weighted by molar-refractivity contribution is 7.16. The Hall–Kier alpha value is -2.61. The van der Waals surface area contributed by atoms with Gasteiger partial charge in [-0.2, -0.15) is 0 Å². The van der Waals surface area contributed by atoms with Gasteiger partial charge in [0.15, 0.2) is 5.78 Å². The number of hydrogen-bond donors (Lipinski definition) is 1. The summed E-state index contributed by atoms with van der Waals surface area (Å²) in [7, 11) is -0.833. The van der Waals surface area contributed by atoms with E-state index in [9.17, 15) is 4.79 Å². The molecule has 0 saturated heterocycles. The summed E-state index contributed by atoms with van der Waals surface area (Å²) >= 11 is 0. The molecule has 0 spiro atoms. The van der Waals surface area contributed by atoms with Crippen molar-refractivity contribution >= 4 is 14.5 Å². The van der Waals surface area contributed by atoms with Gasteiger partial charge in [-0.3, -0.25) is 4.79 Å². The molecular weight excluding hydrogens is 343 g/mol. The molecule has 3 aromatic rings.